The van der Waals surface area contributed by atoms with Crippen molar-refractivity contribution < 1.29 is 22.8 Å². The van der Waals surface area contributed by atoms with Crippen LogP contribution in [-0.2, 0) is 6.18 Å². The Morgan fingerprint density at radius 3 is 2.19 bits per heavy atom. The number of hydrogen-bond donors (Lipinski definition) is 1. The maximum absolute atomic E-state index is 13.4. The quantitative estimate of drug-likeness (QED) is 0.623. The molecular formula is C21H14F3NO2. The van der Waals surface area contributed by atoms with Crippen molar-refractivity contribution in [1.29, 1.82) is 0 Å². The van der Waals surface area contributed by atoms with E-state index in [1.807, 2.05) is 6.07 Å². The van der Waals surface area contributed by atoms with Gasteiger partial charge in [-0.2, -0.15) is 13.2 Å². The smallest absolute Gasteiger partial charge is 0.321 e. The number of carbonyl (C=O) groups is 2. The summed E-state index contributed by atoms with van der Waals surface area (Å²) in [6, 6.07) is 19.2. The molecule has 0 fully saturated rings. The Kier molecular flexibility index (Phi) is 5.07. The zero-order valence-electron chi connectivity index (χ0n) is 14.0. The van der Waals surface area contributed by atoms with E-state index in [9.17, 15) is 22.8 Å². The summed E-state index contributed by atoms with van der Waals surface area (Å²) in [5.74, 6) is -0.692. The van der Waals surface area contributed by atoms with Gasteiger partial charge in [0.15, 0.2) is 6.29 Å². The molecule has 0 heterocycles. The SMILES string of the molecule is O=Cc1cccc(NC(=O)c2ccccc2-c2ccccc2)c1C(F)(F)F. The first-order valence-corrected chi connectivity index (χ1v) is 8.03. The van der Waals surface area contributed by atoms with E-state index in [0.717, 1.165) is 17.7 Å². The molecule has 1 amide bonds. The number of alkyl halides is 3. The molecule has 27 heavy (non-hydrogen) atoms. The molecule has 0 aromatic heterocycles. The van der Waals surface area contributed by atoms with Crippen molar-refractivity contribution in [3.05, 3.63) is 89.5 Å². The molecule has 6 heteroatoms. The third-order valence-electron chi connectivity index (χ3n) is 4.01. The molecule has 3 aromatic carbocycles. The highest BCUT2D eigenvalue weighted by Crippen LogP contribution is 2.37. The molecule has 0 aliphatic heterocycles. The van der Waals surface area contributed by atoms with Crippen LogP contribution >= 0.6 is 0 Å². The van der Waals surface area contributed by atoms with Gasteiger partial charge in [-0.1, -0.05) is 60.7 Å². The number of anilines is 1. The second-order valence-corrected chi connectivity index (χ2v) is 5.75. The van der Waals surface area contributed by atoms with Gasteiger partial charge < -0.3 is 5.32 Å². The van der Waals surface area contributed by atoms with Gasteiger partial charge in [-0.25, -0.2) is 0 Å². The molecule has 0 unspecified atom stereocenters. The fourth-order valence-electron chi connectivity index (χ4n) is 2.83. The van der Waals surface area contributed by atoms with Crippen molar-refractivity contribution in [3.63, 3.8) is 0 Å². The molecule has 0 bridgehead atoms. The maximum atomic E-state index is 13.4. The van der Waals surface area contributed by atoms with E-state index in [1.54, 1.807) is 42.5 Å². The van der Waals surface area contributed by atoms with Gasteiger partial charge in [-0.05, 0) is 23.3 Å². The van der Waals surface area contributed by atoms with Crippen LogP contribution in [0.5, 0.6) is 0 Å². The van der Waals surface area contributed by atoms with Crippen LogP contribution in [-0.4, -0.2) is 12.2 Å². The minimum absolute atomic E-state index is 0.121. The second-order valence-electron chi connectivity index (χ2n) is 5.75. The summed E-state index contributed by atoms with van der Waals surface area (Å²) >= 11 is 0. The lowest BCUT2D eigenvalue weighted by Crippen LogP contribution is -2.19. The average molecular weight is 369 g/mol. The molecule has 0 spiro atoms. The molecule has 0 saturated heterocycles. The average Bonchev–Trinajstić information content (AvgIpc) is 2.67. The van der Waals surface area contributed by atoms with Crippen molar-refractivity contribution in [1.82, 2.24) is 0 Å². The Morgan fingerprint density at radius 2 is 1.52 bits per heavy atom. The lowest BCUT2D eigenvalue weighted by Gasteiger charge is -2.16. The topological polar surface area (TPSA) is 46.2 Å². The van der Waals surface area contributed by atoms with Crippen molar-refractivity contribution in [3.8, 4) is 11.1 Å². The molecule has 0 atom stereocenters. The molecule has 3 nitrogen and oxygen atoms in total. The van der Waals surface area contributed by atoms with E-state index in [2.05, 4.69) is 5.32 Å². The number of hydrogen-bond acceptors (Lipinski definition) is 2. The van der Waals surface area contributed by atoms with Crippen molar-refractivity contribution in [2.75, 3.05) is 5.32 Å². The predicted molar refractivity (Wildman–Crippen MR) is 96.7 cm³/mol. The van der Waals surface area contributed by atoms with Crippen molar-refractivity contribution >= 4 is 17.9 Å². The zero-order chi connectivity index (χ0) is 19.4. The van der Waals surface area contributed by atoms with Gasteiger partial charge in [0, 0.05) is 11.1 Å². The van der Waals surface area contributed by atoms with Crippen molar-refractivity contribution in [2.45, 2.75) is 6.18 Å². The highest BCUT2D eigenvalue weighted by Gasteiger charge is 2.36. The van der Waals surface area contributed by atoms with Crippen LogP contribution in [0.3, 0.4) is 0 Å². The number of carbonyl (C=O) groups excluding carboxylic acids is 2. The Hall–Kier alpha value is -3.41. The molecule has 3 rings (SSSR count). The zero-order valence-corrected chi connectivity index (χ0v) is 14.0. The summed E-state index contributed by atoms with van der Waals surface area (Å²) in [5.41, 5.74) is -0.563. The Labute approximate surface area is 153 Å². The van der Waals surface area contributed by atoms with Crippen LogP contribution in [0.25, 0.3) is 11.1 Å². The standard InChI is InChI=1S/C21H14F3NO2/c22-21(23,24)19-15(13-26)9-6-12-18(19)25-20(27)17-11-5-4-10-16(17)14-7-2-1-3-8-14/h1-13H,(H,25,27). The van der Waals surface area contributed by atoms with Crippen LogP contribution < -0.4 is 5.32 Å². The second kappa shape index (κ2) is 7.45. The molecule has 0 saturated carbocycles. The lowest BCUT2D eigenvalue weighted by molar-refractivity contribution is -0.137. The molecule has 0 radical (unpaired) electrons. The Balaban J connectivity index is 2.03. The molecule has 0 aliphatic carbocycles. The predicted octanol–water partition coefficient (Wildman–Crippen LogP) is 5.44. The van der Waals surface area contributed by atoms with Crippen LogP contribution in [0.15, 0.2) is 72.8 Å². The molecular weight excluding hydrogens is 355 g/mol. The third-order valence-corrected chi connectivity index (χ3v) is 4.01. The van der Waals surface area contributed by atoms with E-state index in [4.69, 9.17) is 0 Å². The maximum Gasteiger partial charge on any atom is 0.419 e. The molecule has 3 aromatic rings. The van der Waals surface area contributed by atoms with Crippen LogP contribution in [0.2, 0.25) is 0 Å². The normalized spacial score (nSPS) is 11.1. The Bertz CT molecular complexity index is 982. The van der Waals surface area contributed by atoms with Crippen LogP contribution in [0.1, 0.15) is 26.3 Å². The third kappa shape index (κ3) is 3.89. The van der Waals surface area contributed by atoms with Gasteiger partial charge in [0.2, 0.25) is 0 Å². The van der Waals surface area contributed by atoms with E-state index < -0.39 is 28.9 Å². The van der Waals surface area contributed by atoms with Crippen LogP contribution in [0.4, 0.5) is 18.9 Å². The molecule has 0 aliphatic rings. The first-order chi connectivity index (χ1) is 12.9. The number of halogens is 3. The summed E-state index contributed by atoms with van der Waals surface area (Å²) in [5, 5.41) is 2.30. The summed E-state index contributed by atoms with van der Waals surface area (Å²) in [6.45, 7) is 0. The van der Waals surface area contributed by atoms with E-state index in [-0.39, 0.29) is 11.8 Å². The van der Waals surface area contributed by atoms with Crippen molar-refractivity contribution in [2.24, 2.45) is 0 Å². The van der Waals surface area contributed by atoms with Crippen LogP contribution in [0, 0.1) is 0 Å². The summed E-state index contributed by atoms with van der Waals surface area (Å²) in [4.78, 5) is 23.7. The van der Waals surface area contributed by atoms with Gasteiger partial charge in [0.05, 0.1) is 11.3 Å². The number of nitrogens with one attached hydrogen (secondary N) is 1. The van der Waals surface area contributed by atoms with E-state index in [1.165, 1.54) is 12.1 Å². The first kappa shape index (κ1) is 18.4. The number of aldehydes is 1. The molecule has 1 N–H and O–H groups in total. The van der Waals surface area contributed by atoms with E-state index >= 15 is 0 Å². The minimum Gasteiger partial charge on any atom is -0.321 e. The summed E-state index contributed by atoms with van der Waals surface area (Å²) in [6.07, 6.45) is -4.66. The monoisotopic (exact) mass is 369 g/mol. The van der Waals surface area contributed by atoms with E-state index in [0.29, 0.717) is 5.56 Å². The largest absolute Gasteiger partial charge is 0.419 e. The first-order valence-electron chi connectivity index (χ1n) is 8.03. The fourth-order valence-corrected chi connectivity index (χ4v) is 2.83. The lowest BCUT2D eigenvalue weighted by atomic mass is 9.99. The number of benzene rings is 3. The number of amides is 1. The van der Waals surface area contributed by atoms with Gasteiger partial charge in [0.25, 0.3) is 5.91 Å². The van der Waals surface area contributed by atoms with Gasteiger partial charge in [-0.15, -0.1) is 0 Å². The van der Waals surface area contributed by atoms with Gasteiger partial charge >= 0.3 is 6.18 Å². The van der Waals surface area contributed by atoms with Gasteiger partial charge in [0.1, 0.15) is 0 Å². The Morgan fingerprint density at radius 1 is 0.852 bits per heavy atom. The highest BCUT2D eigenvalue weighted by molar-refractivity contribution is 6.09. The fraction of sp³-hybridized carbons (Fsp3) is 0.0476. The highest BCUT2D eigenvalue weighted by atomic mass is 19.4. The molecule has 136 valence electrons. The minimum atomic E-state index is -4.78. The number of rotatable bonds is 4. The summed E-state index contributed by atoms with van der Waals surface area (Å²) < 4.78 is 40.1. The van der Waals surface area contributed by atoms with Gasteiger partial charge in [-0.3, -0.25) is 9.59 Å². The summed E-state index contributed by atoms with van der Waals surface area (Å²) in [7, 11) is 0.